The minimum atomic E-state index is -3.55. The van der Waals surface area contributed by atoms with E-state index >= 15 is 0 Å². The molecule has 3 rings (SSSR count). The second-order valence-electron chi connectivity index (χ2n) is 4.93. The zero-order valence-electron chi connectivity index (χ0n) is 11.1. The van der Waals surface area contributed by atoms with Gasteiger partial charge in [-0.1, -0.05) is 47.5 Å². The summed E-state index contributed by atoms with van der Waals surface area (Å²) in [5, 5.41) is 0.592. The molecule has 3 nitrogen and oxygen atoms in total. The SMILES string of the molecule is O=S(=O)(c1ccc(Cl)c(Cl)c1)N1CCc2ccccc2C1. The minimum absolute atomic E-state index is 0.177. The van der Waals surface area contributed by atoms with Gasteiger partial charge in [0, 0.05) is 13.1 Å². The van der Waals surface area contributed by atoms with Crippen LogP contribution in [0.1, 0.15) is 11.1 Å². The number of fused-ring (bicyclic) bond motifs is 1. The maximum atomic E-state index is 12.7. The van der Waals surface area contributed by atoms with Crippen molar-refractivity contribution in [1.29, 1.82) is 0 Å². The first-order valence-corrected chi connectivity index (χ1v) is 8.70. The quantitative estimate of drug-likeness (QED) is 0.834. The lowest BCUT2D eigenvalue weighted by Crippen LogP contribution is -2.35. The summed E-state index contributed by atoms with van der Waals surface area (Å²) in [6, 6.07) is 12.3. The van der Waals surface area contributed by atoms with Gasteiger partial charge in [-0.25, -0.2) is 8.42 Å². The van der Waals surface area contributed by atoms with E-state index in [1.54, 1.807) is 0 Å². The highest BCUT2D eigenvalue weighted by molar-refractivity contribution is 7.89. The molecule has 0 bridgehead atoms. The Bertz CT molecular complexity index is 790. The van der Waals surface area contributed by atoms with E-state index in [1.807, 2.05) is 24.3 Å². The molecule has 1 aliphatic heterocycles. The van der Waals surface area contributed by atoms with Crippen molar-refractivity contribution in [2.75, 3.05) is 6.54 Å². The first kappa shape index (κ1) is 14.9. The van der Waals surface area contributed by atoms with Crippen molar-refractivity contribution in [3.8, 4) is 0 Å². The molecular weight excluding hydrogens is 329 g/mol. The lowest BCUT2D eigenvalue weighted by atomic mass is 10.0. The second kappa shape index (κ2) is 5.61. The lowest BCUT2D eigenvalue weighted by Gasteiger charge is -2.28. The molecule has 0 fully saturated rings. The Morgan fingerprint density at radius 1 is 0.952 bits per heavy atom. The van der Waals surface area contributed by atoms with Gasteiger partial charge in [0.25, 0.3) is 0 Å². The van der Waals surface area contributed by atoms with E-state index in [0.717, 1.165) is 12.0 Å². The summed E-state index contributed by atoms with van der Waals surface area (Å²) in [5.41, 5.74) is 2.26. The van der Waals surface area contributed by atoms with Crippen LogP contribution in [-0.2, 0) is 23.0 Å². The summed E-state index contributed by atoms with van der Waals surface area (Å²) in [6.07, 6.45) is 0.719. The van der Waals surface area contributed by atoms with Crippen LogP contribution in [0, 0.1) is 0 Å². The second-order valence-corrected chi connectivity index (χ2v) is 7.69. The molecule has 1 heterocycles. The topological polar surface area (TPSA) is 37.4 Å². The van der Waals surface area contributed by atoms with Crippen LogP contribution in [0.5, 0.6) is 0 Å². The van der Waals surface area contributed by atoms with E-state index in [0.29, 0.717) is 18.1 Å². The highest BCUT2D eigenvalue weighted by Crippen LogP contribution is 2.29. The zero-order chi connectivity index (χ0) is 15.0. The van der Waals surface area contributed by atoms with E-state index in [9.17, 15) is 8.42 Å². The maximum Gasteiger partial charge on any atom is 0.243 e. The lowest BCUT2D eigenvalue weighted by molar-refractivity contribution is 0.391. The summed E-state index contributed by atoms with van der Waals surface area (Å²) in [7, 11) is -3.55. The van der Waals surface area contributed by atoms with Crippen LogP contribution in [0.2, 0.25) is 10.0 Å². The number of hydrogen-bond acceptors (Lipinski definition) is 2. The van der Waals surface area contributed by atoms with Crippen LogP contribution in [0.25, 0.3) is 0 Å². The number of rotatable bonds is 2. The molecule has 0 unspecified atom stereocenters. The Morgan fingerprint density at radius 2 is 1.67 bits per heavy atom. The van der Waals surface area contributed by atoms with Crippen molar-refractivity contribution in [2.45, 2.75) is 17.9 Å². The monoisotopic (exact) mass is 341 g/mol. The standard InChI is InChI=1S/C15H13Cl2NO2S/c16-14-6-5-13(9-15(14)17)21(19,20)18-8-7-11-3-1-2-4-12(11)10-18/h1-6,9H,7-8,10H2. The number of sulfonamides is 1. The molecule has 0 spiro atoms. The third kappa shape index (κ3) is 2.81. The molecule has 6 heteroatoms. The summed E-state index contributed by atoms with van der Waals surface area (Å²) in [4.78, 5) is 0.177. The van der Waals surface area contributed by atoms with Crippen LogP contribution in [-0.4, -0.2) is 19.3 Å². The summed E-state index contributed by atoms with van der Waals surface area (Å²) < 4.78 is 26.9. The van der Waals surface area contributed by atoms with Gasteiger partial charge in [0.2, 0.25) is 10.0 Å². The molecule has 0 saturated heterocycles. The van der Waals surface area contributed by atoms with Gasteiger partial charge >= 0.3 is 0 Å². The van der Waals surface area contributed by atoms with Gasteiger partial charge in [-0.2, -0.15) is 4.31 Å². The van der Waals surface area contributed by atoms with Crippen molar-refractivity contribution in [3.63, 3.8) is 0 Å². The van der Waals surface area contributed by atoms with Gasteiger partial charge in [-0.15, -0.1) is 0 Å². The molecule has 0 atom stereocenters. The molecule has 110 valence electrons. The maximum absolute atomic E-state index is 12.7. The fraction of sp³-hybridized carbons (Fsp3) is 0.200. The molecule has 0 saturated carbocycles. The first-order chi connectivity index (χ1) is 9.98. The largest absolute Gasteiger partial charge is 0.243 e. The molecule has 2 aromatic carbocycles. The van der Waals surface area contributed by atoms with E-state index < -0.39 is 10.0 Å². The van der Waals surface area contributed by atoms with E-state index in [4.69, 9.17) is 23.2 Å². The highest BCUT2D eigenvalue weighted by atomic mass is 35.5. The molecule has 0 N–H and O–H groups in total. The molecule has 0 aliphatic carbocycles. The van der Waals surface area contributed by atoms with Crippen LogP contribution in [0.15, 0.2) is 47.4 Å². The van der Waals surface area contributed by atoms with Gasteiger partial charge < -0.3 is 0 Å². The molecule has 0 aromatic heterocycles. The Labute approximate surface area is 134 Å². The van der Waals surface area contributed by atoms with E-state index in [1.165, 1.54) is 28.1 Å². The highest BCUT2D eigenvalue weighted by Gasteiger charge is 2.28. The van der Waals surface area contributed by atoms with Gasteiger partial charge in [0.15, 0.2) is 0 Å². The average molecular weight is 342 g/mol. The third-order valence-electron chi connectivity index (χ3n) is 3.62. The first-order valence-electron chi connectivity index (χ1n) is 6.50. The van der Waals surface area contributed by atoms with Gasteiger partial charge in [0.1, 0.15) is 0 Å². The predicted molar refractivity (Wildman–Crippen MR) is 84.2 cm³/mol. The number of hydrogen-bond donors (Lipinski definition) is 0. The number of nitrogens with zero attached hydrogens (tertiary/aromatic N) is 1. The fourth-order valence-corrected chi connectivity index (χ4v) is 4.27. The van der Waals surface area contributed by atoms with Gasteiger partial charge in [-0.05, 0) is 35.7 Å². The smallest absolute Gasteiger partial charge is 0.207 e. The Morgan fingerprint density at radius 3 is 2.38 bits per heavy atom. The normalized spacial score (nSPS) is 15.7. The van der Waals surface area contributed by atoms with Crippen molar-refractivity contribution in [3.05, 3.63) is 63.6 Å². The summed E-state index contributed by atoms with van der Waals surface area (Å²) in [5.74, 6) is 0. The molecule has 21 heavy (non-hydrogen) atoms. The minimum Gasteiger partial charge on any atom is -0.207 e. The molecular formula is C15H13Cl2NO2S. The average Bonchev–Trinajstić information content (AvgIpc) is 2.49. The Kier molecular flexibility index (Phi) is 3.97. The van der Waals surface area contributed by atoms with Crippen LogP contribution < -0.4 is 0 Å². The van der Waals surface area contributed by atoms with Crippen LogP contribution in [0.4, 0.5) is 0 Å². The van der Waals surface area contributed by atoms with E-state index in [-0.39, 0.29) is 9.92 Å². The molecule has 0 radical (unpaired) electrons. The van der Waals surface area contributed by atoms with Crippen molar-refractivity contribution >= 4 is 33.2 Å². The molecule has 2 aromatic rings. The van der Waals surface area contributed by atoms with Crippen molar-refractivity contribution < 1.29 is 8.42 Å². The van der Waals surface area contributed by atoms with Gasteiger partial charge in [0.05, 0.1) is 14.9 Å². The van der Waals surface area contributed by atoms with Crippen LogP contribution >= 0.6 is 23.2 Å². The van der Waals surface area contributed by atoms with Crippen molar-refractivity contribution in [2.24, 2.45) is 0 Å². The van der Waals surface area contributed by atoms with Crippen LogP contribution in [0.3, 0.4) is 0 Å². The number of benzene rings is 2. The summed E-state index contributed by atoms with van der Waals surface area (Å²) in [6.45, 7) is 0.859. The molecule has 0 amide bonds. The number of halogens is 2. The zero-order valence-corrected chi connectivity index (χ0v) is 13.4. The fourth-order valence-electron chi connectivity index (χ4n) is 2.46. The van der Waals surface area contributed by atoms with E-state index in [2.05, 4.69) is 0 Å². The third-order valence-corrected chi connectivity index (χ3v) is 6.20. The van der Waals surface area contributed by atoms with Gasteiger partial charge in [-0.3, -0.25) is 0 Å². The predicted octanol–water partition coefficient (Wildman–Crippen LogP) is 3.74. The molecule has 1 aliphatic rings. The summed E-state index contributed by atoms with van der Waals surface area (Å²) >= 11 is 11.8. The van der Waals surface area contributed by atoms with Crippen molar-refractivity contribution in [1.82, 2.24) is 4.31 Å². The Hall–Kier alpha value is -1.07. The Balaban J connectivity index is 1.95.